The second-order valence-corrected chi connectivity index (χ2v) is 8.46. The molecule has 0 saturated heterocycles. The van der Waals surface area contributed by atoms with Gasteiger partial charge < -0.3 is 5.32 Å². The predicted molar refractivity (Wildman–Crippen MR) is 105 cm³/mol. The van der Waals surface area contributed by atoms with Gasteiger partial charge in [-0.1, -0.05) is 31.0 Å². The van der Waals surface area contributed by atoms with E-state index < -0.39 is 10.0 Å². The molecule has 0 fully saturated rings. The lowest BCUT2D eigenvalue weighted by Crippen LogP contribution is -2.32. The van der Waals surface area contributed by atoms with Crippen molar-refractivity contribution in [3.05, 3.63) is 59.7 Å². The number of nitrogens with zero attached hydrogens (tertiary/aromatic N) is 1. The van der Waals surface area contributed by atoms with E-state index in [1.807, 2.05) is 13.8 Å². The zero-order chi connectivity index (χ0) is 19.3. The van der Waals surface area contributed by atoms with Crippen LogP contribution < -0.4 is 9.62 Å². The van der Waals surface area contributed by atoms with Gasteiger partial charge in [0.1, 0.15) is 0 Å². The van der Waals surface area contributed by atoms with E-state index in [-0.39, 0.29) is 16.8 Å². The number of hydrogen-bond acceptors (Lipinski definition) is 3. The maximum absolute atomic E-state index is 12.7. The van der Waals surface area contributed by atoms with Gasteiger partial charge in [0.05, 0.1) is 10.6 Å². The summed E-state index contributed by atoms with van der Waals surface area (Å²) in [5, 5.41) is 2.94. The maximum Gasteiger partial charge on any atom is 0.264 e. The molecule has 2 aromatic rings. The Balaban J connectivity index is 2.16. The molecule has 0 aromatic heterocycles. The Morgan fingerprint density at radius 2 is 1.65 bits per heavy atom. The summed E-state index contributed by atoms with van der Waals surface area (Å²) in [6.07, 6.45) is 1.92. The van der Waals surface area contributed by atoms with E-state index in [1.165, 1.54) is 11.4 Å². The summed E-state index contributed by atoms with van der Waals surface area (Å²) < 4.78 is 26.7. The Kier molecular flexibility index (Phi) is 6.42. The quantitative estimate of drug-likeness (QED) is 0.803. The fourth-order valence-electron chi connectivity index (χ4n) is 2.64. The van der Waals surface area contributed by atoms with Crippen LogP contribution in [0.25, 0.3) is 0 Å². The Hall–Kier alpha value is -2.34. The number of carbonyl (C=O) groups is 1. The van der Waals surface area contributed by atoms with Gasteiger partial charge in [0.25, 0.3) is 15.9 Å². The third kappa shape index (κ3) is 4.64. The van der Waals surface area contributed by atoms with Crippen LogP contribution in [0.15, 0.2) is 53.4 Å². The average molecular weight is 375 g/mol. The molecular weight excluding hydrogens is 348 g/mol. The van der Waals surface area contributed by atoms with Gasteiger partial charge in [0, 0.05) is 18.7 Å². The van der Waals surface area contributed by atoms with Crippen molar-refractivity contribution in [2.75, 3.05) is 11.4 Å². The first kappa shape index (κ1) is 20.0. The number of sulfonamides is 1. The van der Waals surface area contributed by atoms with E-state index in [2.05, 4.69) is 12.2 Å². The van der Waals surface area contributed by atoms with E-state index in [9.17, 15) is 13.2 Å². The summed E-state index contributed by atoms with van der Waals surface area (Å²) in [4.78, 5) is 12.5. The van der Waals surface area contributed by atoms with Crippen LogP contribution in [0.1, 0.15) is 42.6 Å². The standard InChI is InChI=1S/C20H26N2O3S/c1-5-6-16(3)21-20(23)17-9-11-18(12-10-17)22(4)26(24,25)19-13-7-15(2)8-14-19/h7-14,16H,5-6H2,1-4H3,(H,21,23). The van der Waals surface area contributed by atoms with Gasteiger partial charge in [-0.25, -0.2) is 8.42 Å². The molecule has 0 aliphatic rings. The van der Waals surface area contributed by atoms with Crippen molar-refractivity contribution in [2.45, 2.75) is 44.6 Å². The molecule has 1 atom stereocenters. The highest BCUT2D eigenvalue weighted by molar-refractivity contribution is 7.92. The van der Waals surface area contributed by atoms with Crippen LogP contribution in [0.3, 0.4) is 0 Å². The molecule has 1 unspecified atom stereocenters. The summed E-state index contributed by atoms with van der Waals surface area (Å²) in [7, 11) is -2.13. The smallest absolute Gasteiger partial charge is 0.264 e. The fraction of sp³-hybridized carbons (Fsp3) is 0.350. The normalized spacial score (nSPS) is 12.5. The highest BCUT2D eigenvalue weighted by Gasteiger charge is 2.21. The Morgan fingerprint density at radius 3 is 2.19 bits per heavy atom. The third-order valence-electron chi connectivity index (χ3n) is 4.27. The zero-order valence-electron chi connectivity index (χ0n) is 15.7. The second-order valence-electron chi connectivity index (χ2n) is 6.50. The maximum atomic E-state index is 12.7. The number of rotatable bonds is 7. The van der Waals surface area contributed by atoms with E-state index in [0.29, 0.717) is 11.3 Å². The number of hydrogen-bond donors (Lipinski definition) is 1. The van der Waals surface area contributed by atoms with Crippen molar-refractivity contribution in [3.63, 3.8) is 0 Å². The molecule has 5 nitrogen and oxygen atoms in total. The van der Waals surface area contributed by atoms with Crippen LogP contribution in [0.2, 0.25) is 0 Å². The summed E-state index contributed by atoms with van der Waals surface area (Å²) in [5.41, 5.74) is 2.01. The molecule has 0 aliphatic carbocycles. The first-order valence-electron chi connectivity index (χ1n) is 8.72. The molecule has 2 rings (SSSR count). The number of carbonyl (C=O) groups excluding carboxylic acids is 1. The minimum absolute atomic E-state index is 0.108. The molecule has 0 saturated carbocycles. The largest absolute Gasteiger partial charge is 0.350 e. The van der Waals surface area contributed by atoms with Crippen LogP contribution in [0.5, 0.6) is 0 Å². The lowest BCUT2D eigenvalue weighted by atomic mass is 10.1. The van der Waals surface area contributed by atoms with Crippen molar-refractivity contribution in [2.24, 2.45) is 0 Å². The number of benzene rings is 2. The van der Waals surface area contributed by atoms with Gasteiger partial charge in [-0.3, -0.25) is 9.10 Å². The van der Waals surface area contributed by atoms with E-state index in [0.717, 1.165) is 18.4 Å². The monoisotopic (exact) mass is 374 g/mol. The van der Waals surface area contributed by atoms with Gasteiger partial charge in [0.2, 0.25) is 0 Å². The van der Waals surface area contributed by atoms with Crippen molar-refractivity contribution >= 4 is 21.6 Å². The predicted octanol–water partition coefficient (Wildman–Crippen LogP) is 3.74. The molecule has 6 heteroatoms. The number of amides is 1. The molecule has 1 amide bonds. The first-order chi connectivity index (χ1) is 12.3. The Bertz CT molecular complexity index is 844. The molecule has 0 heterocycles. The lowest BCUT2D eigenvalue weighted by molar-refractivity contribution is 0.0938. The van der Waals surface area contributed by atoms with E-state index >= 15 is 0 Å². The van der Waals surface area contributed by atoms with Gasteiger partial charge in [-0.05, 0) is 56.7 Å². The van der Waals surface area contributed by atoms with Crippen molar-refractivity contribution < 1.29 is 13.2 Å². The van der Waals surface area contributed by atoms with Gasteiger partial charge >= 0.3 is 0 Å². The molecule has 26 heavy (non-hydrogen) atoms. The van der Waals surface area contributed by atoms with Crippen LogP contribution in [-0.2, 0) is 10.0 Å². The Morgan fingerprint density at radius 1 is 1.08 bits per heavy atom. The number of anilines is 1. The molecular formula is C20H26N2O3S. The minimum atomic E-state index is -3.64. The summed E-state index contributed by atoms with van der Waals surface area (Å²) in [5.74, 6) is -0.151. The molecule has 0 radical (unpaired) electrons. The fourth-order valence-corrected chi connectivity index (χ4v) is 3.84. The number of nitrogens with one attached hydrogen (secondary N) is 1. The summed E-state index contributed by atoms with van der Waals surface area (Å²) in [6.45, 7) is 5.95. The molecule has 0 spiro atoms. The average Bonchev–Trinajstić information content (AvgIpc) is 2.61. The van der Waals surface area contributed by atoms with E-state index in [4.69, 9.17) is 0 Å². The van der Waals surface area contributed by atoms with Crippen molar-refractivity contribution in [3.8, 4) is 0 Å². The van der Waals surface area contributed by atoms with Crippen LogP contribution in [0.4, 0.5) is 5.69 Å². The van der Waals surface area contributed by atoms with E-state index in [1.54, 1.807) is 48.5 Å². The van der Waals surface area contributed by atoms with Crippen LogP contribution in [-0.4, -0.2) is 27.4 Å². The Labute approximate surface area is 156 Å². The van der Waals surface area contributed by atoms with Gasteiger partial charge in [-0.15, -0.1) is 0 Å². The van der Waals surface area contributed by atoms with Crippen molar-refractivity contribution in [1.82, 2.24) is 5.32 Å². The topological polar surface area (TPSA) is 66.5 Å². The van der Waals surface area contributed by atoms with Gasteiger partial charge in [0.15, 0.2) is 0 Å². The molecule has 1 N–H and O–H groups in total. The highest BCUT2D eigenvalue weighted by Crippen LogP contribution is 2.22. The first-order valence-corrected chi connectivity index (χ1v) is 10.2. The zero-order valence-corrected chi connectivity index (χ0v) is 16.5. The number of aryl methyl sites for hydroxylation is 1. The summed E-state index contributed by atoms with van der Waals surface area (Å²) in [6, 6.07) is 13.4. The lowest BCUT2D eigenvalue weighted by Gasteiger charge is -2.20. The SMILES string of the molecule is CCCC(C)NC(=O)c1ccc(N(C)S(=O)(=O)c2ccc(C)cc2)cc1. The van der Waals surface area contributed by atoms with Crippen LogP contribution in [0, 0.1) is 6.92 Å². The molecule has 0 aliphatic heterocycles. The van der Waals surface area contributed by atoms with Crippen molar-refractivity contribution in [1.29, 1.82) is 0 Å². The van der Waals surface area contributed by atoms with Gasteiger partial charge in [-0.2, -0.15) is 0 Å². The molecule has 2 aromatic carbocycles. The highest BCUT2D eigenvalue weighted by atomic mass is 32.2. The molecule has 0 bridgehead atoms. The summed E-state index contributed by atoms with van der Waals surface area (Å²) >= 11 is 0. The minimum Gasteiger partial charge on any atom is -0.350 e. The third-order valence-corrected chi connectivity index (χ3v) is 6.07. The second kappa shape index (κ2) is 8.36. The van der Waals surface area contributed by atoms with Crippen LogP contribution >= 0.6 is 0 Å². The molecule has 140 valence electrons.